The van der Waals surface area contributed by atoms with E-state index in [1.165, 1.54) is 11.0 Å². The van der Waals surface area contributed by atoms with Gasteiger partial charge in [-0.25, -0.2) is 9.18 Å². The Morgan fingerprint density at radius 3 is 2.55 bits per heavy atom. The van der Waals surface area contributed by atoms with Gasteiger partial charge in [-0.05, 0) is 42.2 Å². The number of nitrogens with one attached hydrogen (secondary N) is 3. The van der Waals surface area contributed by atoms with Crippen LogP contribution in [-0.4, -0.2) is 58.6 Å². The molecule has 2 aromatic rings. The maximum Gasteiger partial charge on any atom is 0.407 e. The summed E-state index contributed by atoms with van der Waals surface area (Å²) in [6, 6.07) is 8.54. The van der Waals surface area contributed by atoms with E-state index in [1.807, 2.05) is 0 Å². The molecular weight excluding hydrogens is 534 g/mol. The van der Waals surface area contributed by atoms with Crippen LogP contribution in [0.25, 0.3) is 0 Å². The van der Waals surface area contributed by atoms with Gasteiger partial charge in [0.1, 0.15) is 11.2 Å². The van der Waals surface area contributed by atoms with Gasteiger partial charge in [0.25, 0.3) is 0 Å². The average molecular weight is 561 g/mol. The van der Waals surface area contributed by atoms with Crippen LogP contribution in [0.2, 0.25) is 10.0 Å². The molecule has 6 rings (SSSR count). The standard InChI is InChI=1S/C27H27Cl2FN4O4/c28-14-7-8-17-19(11-14)32-24(36)27(17)20(16-5-4-6-18(29)21(16)30)22(33-26(27)9-2-1-3-10-26)23(35)31-15-12-34(13-15)25(37)38/h4-8,11,15,20,22,33H,1-3,9-10,12-13H2,(H,31,35)(H,32,36)(H,37,38)/t20-,22+,27+/m0/s1. The fraction of sp³-hybridized carbons (Fsp3) is 0.444. The third kappa shape index (κ3) is 3.55. The summed E-state index contributed by atoms with van der Waals surface area (Å²) in [5.74, 6) is -2.29. The molecule has 3 fully saturated rings. The fourth-order valence-corrected chi connectivity index (χ4v) is 7.59. The molecule has 2 saturated heterocycles. The maximum atomic E-state index is 15.8. The van der Waals surface area contributed by atoms with E-state index in [9.17, 15) is 19.5 Å². The van der Waals surface area contributed by atoms with Gasteiger partial charge in [0, 0.05) is 35.3 Å². The van der Waals surface area contributed by atoms with Crippen LogP contribution in [0, 0.1) is 5.82 Å². The molecule has 0 radical (unpaired) electrons. The number of nitrogens with zero attached hydrogens (tertiary/aromatic N) is 1. The summed E-state index contributed by atoms with van der Waals surface area (Å²) in [5.41, 5.74) is -0.692. The summed E-state index contributed by atoms with van der Waals surface area (Å²) < 4.78 is 15.8. The second-order valence-electron chi connectivity index (χ2n) is 10.7. The largest absolute Gasteiger partial charge is 0.465 e. The molecule has 0 bridgehead atoms. The molecule has 3 atom stereocenters. The van der Waals surface area contributed by atoms with Crippen molar-refractivity contribution in [3.8, 4) is 0 Å². The summed E-state index contributed by atoms with van der Waals surface area (Å²) in [5, 5.41) is 19.0. The first-order chi connectivity index (χ1) is 18.2. The Kier molecular flexibility index (Phi) is 6.09. The first-order valence-corrected chi connectivity index (χ1v) is 13.5. The lowest BCUT2D eigenvalue weighted by Crippen LogP contribution is -2.63. The van der Waals surface area contributed by atoms with Crippen LogP contribution in [0.4, 0.5) is 14.9 Å². The summed E-state index contributed by atoms with van der Waals surface area (Å²) in [6.07, 6.45) is 2.89. The molecule has 2 aromatic carbocycles. The predicted molar refractivity (Wildman–Crippen MR) is 140 cm³/mol. The average Bonchev–Trinajstić information content (AvgIpc) is 3.30. The Hall–Kier alpha value is -2.88. The molecule has 0 aromatic heterocycles. The smallest absolute Gasteiger partial charge is 0.407 e. The minimum atomic E-state index is -1.30. The summed E-state index contributed by atoms with van der Waals surface area (Å²) in [7, 11) is 0. The number of hydrogen-bond acceptors (Lipinski definition) is 4. The molecule has 11 heteroatoms. The Balaban J connectivity index is 1.52. The predicted octanol–water partition coefficient (Wildman–Crippen LogP) is 4.26. The third-order valence-electron chi connectivity index (χ3n) is 8.80. The molecule has 1 aliphatic carbocycles. The fourth-order valence-electron chi connectivity index (χ4n) is 7.23. The zero-order chi connectivity index (χ0) is 26.8. The Bertz CT molecular complexity index is 1340. The number of hydrogen-bond donors (Lipinski definition) is 4. The van der Waals surface area contributed by atoms with Crippen LogP contribution in [0.3, 0.4) is 0 Å². The van der Waals surface area contributed by atoms with Crippen molar-refractivity contribution in [2.75, 3.05) is 18.4 Å². The minimum Gasteiger partial charge on any atom is -0.465 e. The van der Waals surface area contributed by atoms with Crippen molar-refractivity contribution in [1.29, 1.82) is 0 Å². The van der Waals surface area contributed by atoms with Crippen LogP contribution < -0.4 is 16.0 Å². The molecule has 4 N–H and O–H groups in total. The quantitative estimate of drug-likeness (QED) is 0.448. The molecule has 4 aliphatic rings. The van der Waals surface area contributed by atoms with Crippen molar-refractivity contribution in [3.63, 3.8) is 0 Å². The zero-order valence-corrected chi connectivity index (χ0v) is 21.9. The lowest BCUT2D eigenvalue weighted by Gasteiger charge is -2.47. The van der Waals surface area contributed by atoms with E-state index in [-0.39, 0.29) is 35.6 Å². The molecule has 0 unspecified atom stereocenters. The molecule has 3 heterocycles. The minimum absolute atomic E-state index is 0.0905. The van der Waals surface area contributed by atoms with Gasteiger partial charge < -0.3 is 20.6 Å². The summed E-state index contributed by atoms with van der Waals surface area (Å²) >= 11 is 12.5. The molecule has 38 heavy (non-hydrogen) atoms. The molecule has 200 valence electrons. The number of carbonyl (C=O) groups is 3. The summed E-state index contributed by atoms with van der Waals surface area (Å²) in [4.78, 5) is 40.6. The molecule has 3 aliphatic heterocycles. The number of carbonyl (C=O) groups excluding carboxylic acids is 2. The van der Waals surface area contributed by atoms with Gasteiger partial charge in [0.2, 0.25) is 11.8 Å². The van der Waals surface area contributed by atoms with E-state index in [1.54, 1.807) is 30.3 Å². The van der Waals surface area contributed by atoms with E-state index in [0.29, 0.717) is 29.1 Å². The normalized spacial score (nSPS) is 27.8. The van der Waals surface area contributed by atoms with Gasteiger partial charge in [-0.1, -0.05) is 60.7 Å². The Labute approximate surface area is 228 Å². The SMILES string of the molecule is O=C(NC1CN(C(=O)O)C1)[C@@H]1NC2(CCCCC2)[C@@]2(C(=O)Nc3cc(Cl)ccc32)[C@H]1c1cccc(Cl)c1F. The highest BCUT2D eigenvalue weighted by Crippen LogP contribution is 2.62. The molecular formula is C27H27Cl2FN4O4. The number of benzene rings is 2. The number of amides is 3. The van der Waals surface area contributed by atoms with Crippen LogP contribution in [-0.2, 0) is 15.0 Å². The maximum absolute atomic E-state index is 15.8. The van der Waals surface area contributed by atoms with Crippen molar-refractivity contribution >= 4 is 46.8 Å². The van der Waals surface area contributed by atoms with Crippen molar-refractivity contribution < 1.29 is 23.9 Å². The van der Waals surface area contributed by atoms with E-state index in [0.717, 1.165) is 19.3 Å². The lowest BCUT2D eigenvalue weighted by molar-refractivity contribution is -0.125. The van der Waals surface area contributed by atoms with Gasteiger partial charge in [-0.3, -0.25) is 14.9 Å². The lowest BCUT2D eigenvalue weighted by atomic mass is 9.55. The van der Waals surface area contributed by atoms with Crippen molar-refractivity contribution in [2.24, 2.45) is 0 Å². The second-order valence-corrected chi connectivity index (χ2v) is 11.6. The monoisotopic (exact) mass is 560 g/mol. The van der Waals surface area contributed by atoms with Crippen molar-refractivity contribution in [2.45, 2.75) is 61.1 Å². The van der Waals surface area contributed by atoms with Gasteiger partial charge >= 0.3 is 6.09 Å². The van der Waals surface area contributed by atoms with E-state index >= 15 is 4.39 Å². The molecule has 3 amide bonds. The van der Waals surface area contributed by atoms with Gasteiger partial charge in [0.05, 0.1) is 17.1 Å². The number of likely N-dealkylation sites (tertiary alicyclic amines) is 1. The number of halogens is 3. The van der Waals surface area contributed by atoms with E-state index < -0.39 is 40.7 Å². The van der Waals surface area contributed by atoms with Crippen LogP contribution in [0.1, 0.15) is 49.1 Å². The Morgan fingerprint density at radius 2 is 1.84 bits per heavy atom. The molecule has 8 nitrogen and oxygen atoms in total. The van der Waals surface area contributed by atoms with E-state index in [4.69, 9.17) is 23.2 Å². The van der Waals surface area contributed by atoms with E-state index in [2.05, 4.69) is 16.0 Å². The molecule has 2 spiro atoms. The van der Waals surface area contributed by atoms with Crippen LogP contribution >= 0.6 is 23.2 Å². The number of fused-ring (bicyclic) bond motifs is 3. The number of rotatable bonds is 3. The van der Waals surface area contributed by atoms with Crippen LogP contribution in [0.15, 0.2) is 36.4 Å². The van der Waals surface area contributed by atoms with Crippen molar-refractivity contribution in [3.05, 3.63) is 63.4 Å². The molecule has 1 saturated carbocycles. The summed E-state index contributed by atoms with van der Waals surface area (Å²) in [6.45, 7) is 0.337. The van der Waals surface area contributed by atoms with Crippen molar-refractivity contribution in [1.82, 2.24) is 15.5 Å². The first-order valence-electron chi connectivity index (χ1n) is 12.8. The van der Waals surface area contributed by atoms with Gasteiger partial charge in [-0.15, -0.1) is 0 Å². The number of carboxylic acid groups (broad SMARTS) is 1. The van der Waals surface area contributed by atoms with Gasteiger partial charge in [-0.2, -0.15) is 0 Å². The topological polar surface area (TPSA) is 111 Å². The first kappa shape index (κ1) is 25.4. The highest BCUT2D eigenvalue weighted by Gasteiger charge is 2.72. The second kappa shape index (κ2) is 9.10. The zero-order valence-electron chi connectivity index (χ0n) is 20.4. The third-order valence-corrected chi connectivity index (χ3v) is 9.33. The highest BCUT2D eigenvalue weighted by molar-refractivity contribution is 6.31. The van der Waals surface area contributed by atoms with Gasteiger partial charge in [0.15, 0.2) is 0 Å². The highest BCUT2D eigenvalue weighted by atomic mass is 35.5. The number of anilines is 1. The van der Waals surface area contributed by atoms with Crippen LogP contribution in [0.5, 0.6) is 0 Å². The Morgan fingerprint density at radius 1 is 1.11 bits per heavy atom.